The highest BCUT2D eigenvalue weighted by Crippen LogP contribution is 2.19. The topological polar surface area (TPSA) is 106 Å². The van der Waals surface area contributed by atoms with Gasteiger partial charge in [-0.25, -0.2) is 31.1 Å². The quantitative estimate of drug-likeness (QED) is 0.782. The highest BCUT2D eigenvalue weighted by Gasteiger charge is 2.22. The average molecular weight is 338 g/mol. The van der Waals surface area contributed by atoms with Crippen LogP contribution in [0.25, 0.3) is 0 Å². The standard InChI is InChI=1S/C12H19FN2O4S2/c1-3-4-5-9(2)15-21(18,19)12-7-6-10(8-11(12)13)20(14,16)17/h6-9,15H,3-5H2,1-2H3,(H2,14,16,17). The van der Waals surface area contributed by atoms with Crippen molar-refractivity contribution < 1.29 is 21.2 Å². The van der Waals surface area contributed by atoms with Crippen molar-refractivity contribution in [2.24, 2.45) is 5.14 Å². The van der Waals surface area contributed by atoms with Crippen LogP contribution in [0, 0.1) is 5.82 Å². The fourth-order valence-electron chi connectivity index (χ4n) is 1.77. The maximum Gasteiger partial charge on any atom is 0.243 e. The molecule has 120 valence electrons. The van der Waals surface area contributed by atoms with Crippen molar-refractivity contribution in [2.75, 3.05) is 0 Å². The molecule has 1 unspecified atom stereocenters. The van der Waals surface area contributed by atoms with Crippen LogP contribution in [-0.4, -0.2) is 22.9 Å². The van der Waals surface area contributed by atoms with Crippen LogP contribution in [0.15, 0.2) is 28.0 Å². The van der Waals surface area contributed by atoms with Crippen LogP contribution in [0.5, 0.6) is 0 Å². The minimum absolute atomic E-state index is 0.340. The molecule has 0 saturated heterocycles. The number of sulfonamides is 2. The highest BCUT2D eigenvalue weighted by atomic mass is 32.2. The van der Waals surface area contributed by atoms with Gasteiger partial charge in [0.15, 0.2) is 0 Å². The van der Waals surface area contributed by atoms with E-state index in [2.05, 4.69) is 4.72 Å². The van der Waals surface area contributed by atoms with E-state index in [1.165, 1.54) is 0 Å². The molecule has 6 nitrogen and oxygen atoms in total. The molecule has 0 radical (unpaired) electrons. The Hall–Kier alpha value is -1.03. The summed E-state index contributed by atoms with van der Waals surface area (Å²) in [6.07, 6.45) is 2.40. The van der Waals surface area contributed by atoms with Crippen molar-refractivity contribution in [1.29, 1.82) is 0 Å². The van der Waals surface area contributed by atoms with E-state index >= 15 is 0 Å². The van der Waals surface area contributed by atoms with Gasteiger partial charge in [-0.1, -0.05) is 19.8 Å². The summed E-state index contributed by atoms with van der Waals surface area (Å²) in [5.74, 6) is -1.16. The Balaban J connectivity index is 3.05. The predicted octanol–water partition coefficient (Wildman–Crippen LogP) is 1.33. The highest BCUT2D eigenvalue weighted by molar-refractivity contribution is 7.89. The smallest absolute Gasteiger partial charge is 0.225 e. The number of unbranched alkanes of at least 4 members (excludes halogenated alkanes) is 1. The first-order valence-corrected chi connectivity index (χ1v) is 9.45. The second kappa shape index (κ2) is 6.82. The lowest BCUT2D eigenvalue weighted by molar-refractivity contribution is 0.523. The Bertz CT molecular complexity index is 702. The summed E-state index contributed by atoms with van der Waals surface area (Å²) >= 11 is 0. The number of nitrogens with one attached hydrogen (secondary N) is 1. The molecule has 0 aromatic heterocycles. The molecule has 0 fully saturated rings. The van der Waals surface area contributed by atoms with Crippen LogP contribution in [0.1, 0.15) is 33.1 Å². The summed E-state index contributed by atoms with van der Waals surface area (Å²) in [4.78, 5) is -1.07. The molecule has 1 atom stereocenters. The van der Waals surface area contributed by atoms with E-state index in [1.807, 2.05) is 6.92 Å². The maximum atomic E-state index is 13.8. The first-order valence-electron chi connectivity index (χ1n) is 6.42. The summed E-state index contributed by atoms with van der Waals surface area (Å²) in [6, 6.07) is 2.11. The summed E-state index contributed by atoms with van der Waals surface area (Å²) in [6.45, 7) is 3.66. The van der Waals surface area contributed by atoms with Crippen LogP contribution >= 0.6 is 0 Å². The third-order valence-electron chi connectivity index (χ3n) is 2.87. The first kappa shape index (κ1) is 18.0. The van der Waals surface area contributed by atoms with E-state index in [0.717, 1.165) is 25.0 Å². The van der Waals surface area contributed by atoms with Crippen molar-refractivity contribution in [3.05, 3.63) is 24.0 Å². The van der Waals surface area contributed by atoms with Gasteiger partial charge in [-0.05, 0) is 31.5 Å². The Morgan fingerprint density at radius 2 is 1.90 bits per heavy atom. The number of hydrogen-bond donors (Lipinski definition) is 2. The number of halogens is 1. The van der Waals surface area contributed by atoms with E-state index in [-0.39, 0.29) is 6.04 Å². The molecule has 3 N–H and O–H groups in total. The molecule has 1 aromatic rings. The number of hydrogen-bond acceptors (Lipinski definition) is 4. The van der Waals surface area contributed by atoms with Crippen LogP contribution in [-0.2, 0) is 20.0 Å². The Morgan fingerprint density at radius 3 is 2.38 bits per heavy atom. The van der Waals surface area contributed by atoms with Crippen LogP contribution in [0.4, 0.5) is 4.39 Å². The zero-order chi connectivity index (χ0) is 16.3. The van der Waals surface area contributed by atoms with Crippen LogP contribution < -0.4 is 9.86 Å². The Kier molecular flexibility index (Phi) is 5.85. The third kappa shape index (κ3) is 5.03. The van der Waals surface area contributed by atoms with Crippen molar-refractivity contribution in [3.8, 4) is 0 Å². The molecule has 0 bridgehead atoms. The van der Waals surface area contributed by atoms with Gasteiger partial charge in [-0.15, -0.1) is 0 Å². The molecular formula is C12H19FN2O4S2. The van der Waals surface area contributed by atoms with Gasteiger partial charge < -0.3 is 0 Å². The molecule has 0 aliphatic heterocycles. The summed E-state index contributed by atoms with van der Waals surface area (Å²) in [5.41, 5.74) is 0. The number of primary sulfonamides is 1. The van der Waals surface area contributed by atoms with Gasteiger partial charge >= 0.3 is 0 Å². The molecule has 0 amide bonds. The maximum absolute atomic E-state index is 13.8. The zero-order valence-corrected chi connectivity index (χ0v) is 13.5. The van der Waals surface area contributed by atoms with Crippen LogP contribution in [0.2, 0.25) is 0 Å². The van der Waals surface area contributed by atoms with Gasteiger partial charge in [-0.2, -0.15) is 0 Å². The van der Waals surface area contributed by atoms with Gasteiger partial charge in [-0.3, -0.25) is 0 Å². The lowest BCUT2D eigenvalue weighted by Gasteiger charge is -2.14. The van der Waals surface area contributed by atoms with Gasteiger partial charge in [0.2, 0.25) is 20.0 Å². The number of nitrogens with two attached hydrogens (primary N) is 1. The minimum Gasteiger partial charge on any atom is -0.225 e. The average Bonchev–Trinajstić information content (AvgIpc) is 2.34. The lowest BCUT2D eigenvalue weighted by Crippen LogP contribution is -2.33. The van der Waals surface area contributed by atoms with E-state index in [9.17, 15) is 21.2 Å². The Labute approximate surface area is 124 Å². The van der Waals surface area contributed by atoms with E-state index in [1.54, 1.807) is 6.92 Å². The minimum atomic E-state index is -4.08. The second-order valence-electron chi connectivity index (χ2n) is 4.80. The Morgan fingerprint density at radius 1 is 1.29 bits per heavy atom. The van der Waals surface area contributed by atoms with Gasteiger partial charge in [0.1, 0.15) is 10.7 Å². The summed E-state index contributed by atoms with van der Waals surface area (Å²) in [7, 11) is -8.12. The number of benzene rings is 1. The molecule has 0 aliphatic carbocycles. The monoisotopic (exact) mass is 338 g/mol. The van der Waals surface area contributed by atoms with Crippen molar-refractivity contribution >= 4 is 20.0 Å². The molecule has 1 aromatic carbocycles. The van der Waals surface area contributed by atoms with Crippen molar-refractivity contribution in [2.45, 2.75) is 48.9 Å². The first-order chi connectivity index (χ1) is 9.58. The molecule has 9 heteroatoms. The van der Waals surface area contributed by atoms with Crippen molar-refractivity contribution in [3.63, 3.8) is 0 Å². The molecule has 21 heavy (non-hydrogen) atoms. The SMILES string of the molecule is CCCCC(C)NS(=O)(=O)c1ccc(S(N)(=O)=O)cc1F. The van der Waals surface area contributed by atoms with E-state index < -0.39 is 35.7 Å². The van der Waals surface area contributed by atoms with Gasteiger partial charge in [0.05, 0.1) is 4.90 Å². The molecule has 0 saturated carbocycles. The van der Waals surface area contributed by atoms with Gasteiger partial charge in [0, 0.05) is 6.04 Å². The molecule has 0 spiro atoms. The largest absolute Gasteiger partial charge is 0.243 e. The molecule has 1 rings (SSSR count). The predicted molar refractivity (Wildman–Crippen MR) is 77.1 cm³/mol. The van der Waals surface area contributed by atoms with Crippen LogP contribution in [0.3, 0.4) is 0 Å². The zero-order valence-electron chi connectivity index (χ0n) is 11.8. The summed E-state index contributed by atoms with van der Waals surface area (Å²) < 4.78 is 62.5. The molecule has 0 heterocycles. The third-order valence-corrected chi connectivity index (χ3v) is 5.40. The number of rotatable bonds is 7. The van der Waals surface area contributed by atoms with Crippen molar-refractivity contribution in [1.82, 2.24) is 4.72 Å². The normalized spacial score (nSPS) is 14.1. The second-order valence-corrected chi connectivity index (χ2v) is 8.05. The lowest BCUT2D eigenvalue weighted by atomic mass is 10.2. The fourth-order valence-corrected chi connectivity index (χ4v) is 3.64. The molecular weight excluding hydrogens is 319 g/mol. The van der Waals surface area contributed by atoms with Gasteiger partial charge in [0.25, 0.3) is 0 Å². The van der Waals surface area contributed by atoms with E-state index in [0.29, 0.717) is 12.5 Å². The summed E-state index contributed by atoms with van der Waals surface area (Å²) in [5, 5.41) is 4.86. The van der Waals surface area contributed by atoms with E-state index in [4.69, 9.17) is 5.14 Å². The molecule has 0 aliphatic rings. The fraction of sp³-hybridized carbons (Fsp3) is 0.500.